The van der Waals surface area contributed by atoms with E-state index in [1.165, 1.54) is 0 Å². The number of benzene rings is 1. The number of carbonyl (C=O) groups is 1. The second-order valence-corrected chi connectivity index (χ2v) is 7.79. The van der Waals surface area contributed by atoms with E-state index in [2.05, 4.69) is 25.1 Å². The molecule has 3 aromatic rings. The first-order valence-corrected chi connectivity index (χ1v) is 9.93. The summed E-state index contributed by atoms with van der Waals surface area (Å²) in [4.78, 5) is 19.1. The first kappa shape index (κ1) is 21.0. The molecule has 5 rings (SSSR count). The number of nitrogens with zero attached hydrogens (tertiary/aromatic N) is 5. The highest BCUT2D eigenvalue weighted by Gasteiger charge is 2.29. The van der Waals surface area contributed by atoms with Gasteiger partial charge in [0.15, 0.2) is 0 Å². The lowest BCUT2D eigenvalue weighted by atomic mass is 9.95. The van der Waals surface area contributed by atoms with E-state index < -0.39 is 0 Å². The van der Waals surface area contributed by atoms with E-state index in [0.29, 0.717) is 5.92 Å². The van der Waals surface area contributed by atoms with Crippen molar-refractivity contribution in [2.75, 3.05) is 19.6 Å². The van der Waals surface area contributed by atoms with Crippen LogP contribution < -0.4 is 5.32 Å². The SMILES string of the molecule is Cl.Cl.O=C(c1ccc2ncsc2c1)N1CCC(c2nnc3n2CCNC3)CC1. The molecule has 0 bridgehead atoms. The van der Waals surface area contributed by atoms with Crippen molar-refractivity contribution in [3.05, 3.63) is 40.9 Å². The van der Waals surface area contributed by atoms with Crippen molar-refractivity contribution in [3.63, 3.8) is 0 Å². The second kappa shape index (κ2) is 8.73. The van der Waals surface area contributed by atoms with Crippen molar-refractivity contribution in [1.82, 2.24) is 30.0 Å². The van der Waals surface area contributed by atoms with Crippen molar-refractivity contribution >= 4 is 52.3 Å². The van der Waals surface area contributed by atoms with Crippen LogP contribution in [0, 0.1) is 0 Å². The molecule has 1 amide bonds. The van der Waals surface area contributed by atoms with Gasteiger partial charge in [0.1, 0.15) is 11.6 Å². The van der Waals surface area contributed by atoms with Gasteiger partial charge in [-0.3, -0.25) is 4.79 Å². The van der Waals surface area contributed by atoms with E-state index in [0.717, 1.165) is 73.0 Å². The lowest BCUT2D eigenvalue weighted by molar-refractivity contribution is 0.0710. The molecule has 0 spiro atoms. The number of aromatic nitrogens is 4. The number of halogens is 2. The molecule has 2 aliphatic rings. The average Bonchev–Trinajstić information content (AvgIpc) is 3.34. The maximum atomic E-state index is 12.9. The molecule has 1 saturated heterocycles. The van der Waals surface area contributed by atoms with Crippen molar-refractivity contribution in [3.8, 4) is 0 Å². The van der Waals surface area contributed by atoms with Crippen molar-refractivity contribution in [1.29, 1.82) is 0 Å². The molecule has 0 aliphatic carbocycles. The Bertz CT molecular complexity index is 966. The number of nitrogens with one attached hydrogen (secondary N) is 1. The van der Waals surface area contributed by atoms with Crippen LogP contribution >= 0.6 is 36.2 Å². The number of piperidine rings is 1. The lowest BCUT2D eigenvalue weighted by Crippen LogP contribution is -2.38. The quantitative estimate of drug-likeness (QED) is 0.662. The third-order valence-corrected chi connectivity index (χ3v) is 6.17. The monoisotopic (exact) mass is 440 g/mol. The van der Waals surface area contributed by atoms with Gasteiger partial charge in [-0.1, -0.05) is 0 Å². The molecule has 28 heavy (non-hydrogen) atoms. The van der Waals surface area contributed by atoms with Gasteiger partial charge in [-0.15, -0.1) is 46.3 Å². The number of hydrogen-bond acceptors (Lipinski definition) is 6. The molecular weight excluding hydrogens is 419 g/mol. The second-order valence-electron chi connectivity index (χ2n) is 6.90. The Morgan fingerprint density at radius 3 is 2.79 bits per heavy atom. The normalized spacial score (nSPS) is 16.9. The molecule has 0 saturated carbocycles. The maximum Gasteiger partial charge on any atom is 0.253 e. The summed E-state index contributed by atoms with van der Waals surface area (Å²) in [6, 6.07) is 5.78. The minimum Gasteiger partial charge on any atom is -0.339 e. The van der Waals surface area contributed by atoms with Gasteiger partial charge in [0.2, 0.25) is 0 Å². The molecule has 4 heterocycles. The minimum atomic E-state index is 0. The number of thiazole rings is 1. The molecule has 2 aromatic heterocycles. The summed E-state index contributed by atoms with van der Waals surface area (Å²) >= 11 is 1.57. The summed E-state index contributed by atoms with van der Waals surface area (Å²) in [6.45, 7) is 4.24. The Morgan fingerprint density at radius 1 is 1.14 bits per heavy atom. The minimum absolute atomic E-state index is 0. The highest BCUT2D eigenvalue weighted by molar-refractivity contribution is 7.16. The van der Waals surface area contributed by atoms with Crippen molar-refractivity contribution < 1.29 is 4.79 Å². The van der Waals surface area contributed by atoms with Crippen LogP contribution in [-0.2, 0) is 13.1 Å². The van der Waals surface area contributed by atoms with Crippen LogP contribution in [0.25, 0.3) is 10.2 Å². The fourth-order valence-corrected chi connectivity index (χ4v) is 4.64. The molecule has 0 unspecified atom stereocenters. The summed E-state index contributed by atoms with van der Waals surface area (Å²) in [6.07, 6.45) is 1.89. The van der Waals surface area contributed by atoms with Gasteiger partial charge >= 0.3 is 0 Å². The molecular formula is C18H22Cl2N6OS. The number of rotatable bonds is 2. The first-order valence-electron chi connectivity index (χ1n) is 9.05. The molecule has 0 radical (unpaired) electrons. The molecule has 1 fully saturated rings. The third-order valence-electron chi connectivity index (χ3n) is 5.38. The fraction of sp³-hybridized carbons (Fsp3) is 0.444. The molecule has 1 N–H and O–H groups in total. The molecule has 2 aliphatic heterocycles. The number of likely N-dealkylation sites (tertiary alicyclic amines) is 1. The third kappa shape index (κ3) is 3.74. The largest absolute Gasteiger partial charge is 0.339 e. The summed E-state index contributed by atoms with van der Waals surface area (Å²) in [5, 5.41) is 12.1. The Labute approximate surface area is 179 Å². The van der Waals surface area contributed by atoms with Gasteiger partial charge in [0.25, 0.3) is 5.91 Å². The summed E-state index contributed by atoms with van der Waals surface area (Å²) in [5.41, 5.74) is 3.53. The topological polar surface area (TPSA) is 75.9 Å². The summed E-state index contributed by atoms with van der Waals surface area (Å²) in [7, 11) is 0. The van der Waals surface area contributed by atoms with Gasteiger partial charge in [0, 0.05) is 37.7 Å². The van der Waals surface area contributed by atoms with E-state index in [4.69, 9.17) is 0 Å². The highest BCUT2D eigenvalue weighted by Crippen LogP contribution is 2.29. The van der Waals surface area contributed by atoms with Crippen LogP contribution in [0.2, 0.25) is 0 Å². The Morgan fingerprint density at radius 2 is 1.96 bits per heavy atom. The Kier molecular flexibility index (Phi) is 6.54. The average molecular weight is 441 g/mol. The van der Waals surface area contributed by atoms with Crippen LogP contribution in [0.1, 0.15) is 40.8 Å². The van der Waals surface area contributed by atoms with Crippen LogP contribution in [-0.4, -0.2) is 50.2 Å². The lowest BCUT2D eigenvalue weighted by Gasteiger charge is -2.32. The predicted octanol–water partition coefficient (Wildman–Crippen LogP) is 2.85. The molecule has 0 atom stereocenters. The molecule has 1 aromatic carbocycles. The first-order chi connectivity index (χ1) is 12.8. The number of hydrogen-bond donors (Lipinski definition) is 1. The summed E-state index contributed by atoms with van der Waals surface area (Å²) in [5.74, 6) is 2.64. The molecule has 7 nitrogen and oxygen atoms in total. The number of carbonyl (C=O) groups excluding carboxylic acids is 1. The van der Waals surface area contributed by atoms with Crippen LogP contribution in [0.3, 0.4) is 0 Å². The maximum absolute atomic E-state index is 12.9. The molecule has 150 valence electrons. The van der Waals surface area contributed by atoms with Gasteiger partial charge in [-0.05, 0) is 31.0 Å². The summed E-state index contributed by atoms with van der Waals surface area (Å²) < 4.78 is 3.32. The highest BCUT2D eigenvalue weighted by atomic mass is 35.5. The van der Waals surface area contributed by atoms with E-state index in [1.54, 1.807) is 11.3 Å². The van der Waals surface area contributed by atoms with E-state index in [9.17, 15) is 4.79 Å². The van der Waals surface area contributed by atoms with Crippen molar-refractivity contribution in [2.45, 2.75) is 31.8 Å². The Hall–Kier alpha value is -1.74. The van der Waals surface area contributed by atoms with E-state index >= 15 is 0 Å². The van der Waals surface area contributed by atoms with Gasteiger partial charge in [-0.2, -0.15) is 0 Å². The zero-order valence-corrected chi connectivity index (χ0v) is 17.7. The van der Waals surface area contributed by atoms with Gasteiger partial charge in [-0.25, -0.2) is 4.98 Å². The van der Waals surface area contributed by atoms with Crippen molar-refractivity contribution in [2.24, 2.45) is 0 Å². The predicted molar refractivity (Wildman–Crippen MR) is 114 cm³/mol. The van der Waals surface area contributed by atoms with Crippen LogP contribution in [0.4, 0.5) is 0 Å². The van der Waals surface area contributed by atoms with E-state index in [1.807, 2.05) is 28.6 Å². The number of fused-ring (bicyclic) bond motifs is 2. The van der Waals surface area contributed by atoms with Gasteiger partial charge in [0.05, 0.1) is 22.3 Å². The zero-order valence-electron chi connectivity index (χ0n) is 15.2. The zero-order chi connectivity index (χ0) is 17.5. The van der Waals surface area contributed by atoms with E-state index in [-0.39, 0.29) is 30.7 Å². The van der Waals surface area contributed by atoms with Crippen LogP contribution in [0.15, 0.2) is 23.7 Å². The fourth-order valence-electron chi connectivity index (χ4n) is 3.93. The standard InChI is InChI=1S/C18H20N6OS.2ClH/c25-18(13-1-2-14-15(9-13)26-11-20-14)23-6-3-12(4-7-23)17-22-21-16-10-19-5-8-24(16)17;;/h1-2,9,11-12,19H,3-8,10H2;2*1H. The smallest absolute Gasteiger partial charge is 0.253 e. The molecule has 10 heteroatoms. The van der Waals surface area contributed by atoms with Crippen LogP contribution in [0.5, 0.6) is 0 Å². The number of amides is 1. The Balaban J connectivity index is 0.00000112. The van der Waals surface area contributed by atoms with Gasteiger partial charge < -0.3 is 14.8 Å².